The van der Waals surface area contributed by atoms with Gasteiger partial charge in [0.15, 0.2) is 6.10 Å². The topological polar surface area (TPSA) is 47.6 Å². The molecule has 3 aromatic rings. The Labute approximate surface area is 153 Å². The van der Waals surface area contributed by atoms with Crippen LogP contribution in [0.5, 0.6) is 11.5 Å². The van der Waals surface area contributed by atoms with E-state index < -0.39 is 6.10 Å². The summed E-state index contributed by atoms with van der Waals surface area (Å²) in [4.78, 5) is 12.4. The van der Waals surface area contributed by atoms with Crippen LogP contribution in [0.25, 0.3) is 10.8 Å². The zero-order valence-electron chi connectivity index (χ0n) is 15.1. The van der Waals surface area contributed by atoms with Gasteiger partial charge in [-0.25, -0.2) is 0 Å². The first kappa shape index (κ1) is 17.8. The van der Waals surface area contributed by atoms with Crippen LogP contribution < -0.4 is 14.8 Å². The first-order valence-electron chi connectivity index (χ1n) is 8.82. The predicted octanol–water partition coefficient (Wildman–Crippen LogP) is 4.32. The van der Waals surface area contributed by atoms with Crippen molar-refractivity contribution in [3.63, 3.8) is 0 Å². The average Bonchev–Trinajstić information content (AvgIpc) is 2.67. The number of carbonyl (C=O) groups excluding carboxylic acids is 1. The van der Waals surface area contributed by atoms with Gasteiger partial charge in [0, 0.05) is 17.5 Å². The zero-order chi connectivity index (χ0) is 18.4. The fourth-order valence-corrected chi connectivity index (χ4v) is 2.81. The third-order valence-corrected chi connectivity index (χ3v) is 4.15. The van der Waals surface area contributed by atoms with Crippen molar-refractivity contribution in [1.82, 2.24) is 5.32 Å². The molecule has 0 fully saturated rings. The molecular formula is C22H23NO3. The summed E-state index contributed by atoms with van der Waals surface area (Å²) in [6, 6.07) is 21.5. The molecule has 1 amide bonds. The molecule has 0 aliphatic heterocycles. The van der Waals surface area contributed by atoms with Crippen molar-refractivity contribution in [2.24, 2.45) is 0 Å². The number of carbonyl (C=O) groups is 1. The minimum atomic E-state index is -0.597. The highest BCUT2D eigenvalue weighted by atomic mass is 16.5. The molecule has 1 atom stereocenters. The van der Waals surface area contributed by atoms with Gasteiger partial charge in [-0.3, -0.25) is 4.79 Å². The third-order valence-electron chi connectivity index (χ3n) is 4.15. The summed E-state index contributed by atoms with van der Waals surface area (Å²) in [5.74, 6) is 1.34. The lowest BCUT2D eigenvalue weighted by Gasteiger charge is -2.17. The second kappa shape index (κ2) is 8.39. The van der Waals surface area contributed by atoms with E-state index in [9.17, 15) is 4.79 Å². The van der Waals surface area contributed by atoms with E-state index in [1.807, 2.05) is 73.7 Å². The first-order chi connectivity index (χ1) is 12.7. The second-order valence-corrected chi connectivity index (χ2v) is 6.00. The number of rotatable bonds is 7. The van der Waals surface area contributed by atoms with E-state index in [4.69, 9.17) is 9.47 Å². The zero-order valence-corrected chi connectivity index (χ0v) is 15.1. The number of benzene rings is 3. The smallest absolute Gasteiger partial charge is 0.261 e. The van der Waals surface area contributed by atoms with Crippen LogP contribution in [0.15, 0.2) is 66.7 Å². The monoisotopic (exact) mass is 349 g/mol. The maximum absolute atomic E-state index is 12.4. The molecule has 0 aromatic heterocycles. The van der Waals surface area contributed by atoms with Crippen LogP contribution in [-0.2, 0) is 11.3 Å². The van der Waals surface area contributed by atoms with Gasteiger partial charge in [0.1, 0.15) is 11.5 Å². The van der Waals surface area contributed by atoms with Crippen molar-refractivity contribution in [2.45, 2.75) is 26.5 Å². The molecule has 0 spiro atoms. The lowest BCUT2D eigenvalue weighted by atomic mass is 10.1. The number of hydrogen-bond donors (Lipinski definition) is 1. The highest BCUT2D eigenvalue weighted by Crippen LogP contribution is 2.26. The third kappa shape index (κ3) is 4.14. The standard InChI is InChI=1S/C22H23NO3/c1-3-25-20-13-7-5-10-18(20)15-23-22(24)16(2)26-21-14-8-11-17-9-4-6-12-19(17)21/h4-14,16H,3,15H2,1-2H3,(H,23,24)/t16-/m0/s1. The van der Waals surface area contributed by atoms with Crippen LogP contribution in [0, 0.1) is 0 Å². The summed E-state index contributed by atoms with van der Waals surface area (Å²) < 4.78 is 11.5. The van der Waals surface area contributed by atoms with Crippen LogP contribution >= 0.6 is 0 Å². The summed E-state index contributed by atoms with van der Waals surface area (Å²) in [6.07, 6.45) is -0.597. The van der Waals surface area contributed by atoms with Crippen LogP contribution in [-0.4, -0.2) is 18.6 Å². The molecule has 1 N–H and O–H groups in total. The predicted molar refractivity (Wildman–Crippen MR) is 103 cm³/mol. The Morgan fingerprint density at radius 2 is 1.65 bits per heavy atom. The molecule has 26 heavy (non-hydrogen) atoms. The molecule has 0 unspecified atom stereocenters. The van der Waals surface area contributed by atoms with Crippen LogP contribution in [0.2, 0.25) is 0 Å². The van der Waals surface area contributed by atoms with Gasteiger partial charge >= 0.3 is 0 Å². The van der Waals surface area contributed by atoms with Crippen LogP contribution in [0.3, 0.4) is 0 Å². The van der Waals surface area contributed by atoms with Gasteiger partial charge in [0.05, 0.1) is 6.61 Å². The number of nitrogens with one attached hydrogen (secondary N) is 1. The molecule has 0 saturated heterocycles. The number of para-hydroxylation sites is 1. The summed E-state index contributed by atoms with van der Waals surface area (Å²) in [5.41, 5.74) is 0.945. The highest BCUT2D eigenvalue weighted by molar-refractivity contribution is 5.89. The van der Waals surface area contributed by atoms with Gasteiger partial charge in [-0.1, -0.05) is 54.6 Å². The minimum Gasteiger partial charge on any atom is -0.494 e. The maximum atomic E-state index is 12.4. The molecule has 0 heterocycles. The fourth-order valence-electron chi connectivity index (χ4n) is 2.81. The molecule has 4 heteroatoms. The molecule has 0 bridgehead atoms. The van der Waals surface area contributed by atoms with Gasteiger partial charge in [0.25, 0.3) is 5.91 Å². The van der Waals surface area contributed by atoms with Crippen molar-refractivity contribution in [3.05, 3.63) is 72.3 Å². The van der Waals surface area contributed by atoms with E-state index in [1.165, 1.54) is 0 Å². The van der Waals surface area contributed by atoms with Gasteiger partial charge in [-0.2, -0.15) is 0 Å². The molecule has 0 radical (unpaired) electrons. The Bertz CT molecular complexity index is 886. The Hall–Kier alpha value is -3.01. The summed E-state index contributed by atoms with van der Waals surface area (Å²) in [5, 5.41) is 5.00. The van der Waals surface area contributed by atoms with E-state index >= 15 is 0 Å². The number of hydrogen-bond acceptors (Lipinski definition) is 3. The van der Waals surface area contributed by atoms with Gasteiger partial charge in [-0.05, 0) is 31.4 Å². The molecule has 0 saturated carbocycles. The Balaban J connectivity index is 1.65. The first-order valence-corrected chi connectivity index (χ1v) is 8.82. The molecular weight excluding hydrogens is 326 g/mol. The fraction of sp³-hybridized carbons (Fsp3) is 0.227. The summed E-state index contributed by atoms with van der Waals surface area (Å²) >= 11 is 0. The van der Waals surface area contributed by atoms with Crippen molar-refractivity contribution < 1.29 is 14.3 Å². The molecule has 0 aliphatic carbocycles. The van der Waals surface area contributed by atoms with E-state index in [0.29, 0.717) is 18.9 Å². The molecule has 4 nitrogen and oxygen atoms in total. The second-order valence-electron chi connectivity index (χ2n) is 6.00. The van der Waals surface area contributed by atoms with E-state index in [-0.39, 0.29) is 5.91 Å². The lowest BCUT2D eigenvalue weighted by Crippen LogP contribution is -2.36. The Morgan fingerprint density at radius 1 is 0.962 bits per heavy atom. The highest BCUT2D eigenvalue weighted by Gasteiger charge is 2.16. The van der Waals surface area contributed by atoms with Crippen LogP contribution in [0.4, 0.5) is 0 Å². The van der Waals surface area contributed by atoms with Gasteiger partial charge in [-0.15, -0.1) is 0 Å². The lowest BCUT2D eigenvalue weighted by molar-refractivity contribution is -0.127. The van der Waals surface area contributed by atoms with Crippen LogP contribution in [0.1, 0.15) is 19.4 Å². The number of amides is 1. The SMILES string of the molecule is CCOc1ccccc1CNC(=O)[C@H](C)Oc1cccc2ccccc12. The van der Waals surface area contributed by atoms with E-state index in [2.05, 4.69) is 5.32 Å². The summed E-state index contributed by atoms with van der Waals surface area (Å²) in [6.45, 7) is 4.69. The van der Waals surface area contributed by atoms with Gasteiger partial charge in [0.2, 0.25) is 0 Å². The van der Waals surface area contributed by atoms with Crippen molar-refractivity contribution in [2.75, 3.05) is 6.61 Å². The Morgan fingerprint density at radius 3 is 2.50 bits per heavy atom. The van der Waals surface area contributed by atoms with E-state index in [1.54, 1.807) is 6.92 Å². The van der Waals surface area contributed by atoms with Crippen molar-refractivity contribution in [1.29, 1.82) is 0 Å². The number of ether oxygens (including phenoxy) is 2. The van der Waals surface area contributed by atoms with Crippen molar-refractivity contribution >= 4 is 16.7 Å². The largest absolute Gasteiger partial charge is 0.494 e. The molecule has 134 valence electrons. The summed E-state index contributed by atoms with van der Waals surface area (Å²) in [7, 11) is 0. The maximum Gasteiger partial charge on any atom is 0.261 e. The normalized spacial score (nSPS) is 11.8. The van der Waals surface area contributed by atoms with Gasteiger partial charge < -0.3 is 14.8 Å². The molecule has 3 rings (SSSR count). The Kier molecular flexibility index (Phi) is 5.74. The minimum absolute atomic E-state index is 0.163. The molecule has 0 aliphatic rings. The average molecular weight is 349 g/mol. The van der Waals surface area contributed by atoms with Crippen molar-refractivity contribution in [3.8, 4) is 11.5 Å². The number of fused-ring (bicyclic) bond motifs is 1. The molecule has 3 aromatic carbocycles. The quantitative estimate of drug-likeness (QED) is 0.691. The van der Waals surface area contributed by atoms with E-state index in [0.717, 1.165) is 22.1 Å².